The summed E-state index contributed by atoms with van der Waals surface area (Å²) in [6.45, 7) is 1.69. The largest absolute Gasteiger partial charge is 0.465 e. The summed E-state index contributed by atoms with van der Waals surface area (Å²) in [5, 5.41) is 0.675. The van der Waals surface area contributed by atoms with Gasteiger partial charge in [0.1, 0.15) is 10.7 Å². The molecule has 0 bridgehead atoms. The van der Waals surface area contributed by atoms with Gasteiger partial charge in [-0.1, -0.05) is 23.4 Å². The van der Waals surface area contributed by atoms with Crippen molar-refractivity contribution in [2.24, 2.45) is 0 Å². The van der Waals surface area contributed by atoms with E-state index in [2.05, 4.69) is 14.7 Å². The summed E-state index contributed by atoms with van der Waals surface area (Å²) in [5.74, 6) is -0.514. The molecule has 0 aliphatic heterocycles. The Hall–Kier alpha value is -0.810. The van der Waals surface area contributed by atoms with Gasteiger partial charge in [-0.05, 0) is 13.2 Å². The van der Waals surface area contributed by atoms with Crippen molar-refractivity contribution in [2.45, 2.75) is 12.1 Å². The van der Waals surface area contributed by atoms with E-state index in [1.807, 2.05) is 6.26 Å². The van der Waals surface area contributed by atoms with Crippen LogP contribution in [0.4, 0.5) is 0 Å². The second-order valence-electron chi connectivity index (χ2n) is 2.45. The van der Waals surface area contributed by atoms with E-state index in [0.29, 0.717) is 10.9 Å². The molecule has 1 heterocycles. The van der Waals surface area contributed by atoms with Crippen LogP contribution in [-0.4, -0.2) is 29.3 Å². The van der Waals surface area contributed by atoms with E-state index >= 15 is 0 Å². The number of ether oxygens (including phenoxy) is 1. The van der Waals surface area contributed by atoms with Crippen molar-refractivity contribution in [3.63, 3.8) is 0 Å². The van der Waals surface area contributed by atoms with Crippen molar-refractivity contribution in [3.8, 4) is 0 Å². The molecule has 0 radical (unpaired) electrons. The zero-order chi connectivity index (χ0) is 10.7. The average Bonchev–Trinajstić information content (AvgIpc) is 2.16. The first-order chi connectivity index (χ1) is 6.60. The smallest absolute Gasteiger partial charge is 0.342 e. The normalized spacial score (nSPS) is 10.0. The lowest BCUT2D eigenvalue weighted by molar-refractivity contribution is 0.0599. The number of thioether (sulfide) groups is 1. The lowest BCUT2D eigenvalue weighted by atomic mass is 10.2. The highest BCUT2D eigenvalue weighted by Crippen LogP contribution is 2.20. The van der Waals surface area contributed by atoms with Crippen LogP contribution in [0.25, 0.3) is 0 Å². The second kappa shape index (κ2) is 4.61. The highest BCUT2D eigenvalue weighted by atomic mass is 35.5. The van der Waals surface area contributed by atoms with E-state index in [4.69, 9.17) is 11.6 Å². The minimum absolute atomic E-state index is 0.133. The molecule has 0 amide bonds. The fourth-order valence-corrected chi connectivity index (χ4v) is 1.69. The molecule has 0 saturated heterocycles. The first kappa shape index (κ1) is 11.3. The molecule has 0 saturated carbocycles. The van der Waals surface area contributed by atoms with Crippen LogP contribution in [0.1, 0.15) is 16.1 Å². The Balaban J connectivity index is 3.25. The lowest BCUT2D eigenvalue weighted by Gasteiger charge is -2.05. The van der Waals surface area contributed by atoms with Crippen LogP contribution in [0, 0.1) is 6.92 Å². The van der Waals surface area contributed by atoms with Crippen LogP contribution in [0.3, 0.4) is 0 Å². The molecule has 0 N–H and O–H groups in total. The molecule has 0 spiro atoms. The summed E-state index contributed by atoms with van der Waals surface area (Å²) in [4.78, 5) is 19.3. The van der Waals surface area contributed by atoms with Gasteiger partial charge in [0.25, 0.3) is 0 Å². The molecule has 14 heavy (non-hydrogen) atoms. The number of aromatic nitrogens is 2. The zero-order valence-electron chi connectivity index (χ0n) is 8.00. The molecule has 76 valence electrons. The molecule has 0 fully saturated rings. The van der Waals surface area contributed by atoms with Gasteiger partial charge in [0.2, 0.25) is 0 Å². The van der Waals surface area contributed by atoms with Gasteiger partial charge in [-0.25, -0.2) is 14.8 Å². The number of hydrogen-bond acceptors (Lipinski definition) is 5. The second-order valence-corrected chi connectivity index (χ2v) is 3.58. The van der Waals surface area contributed by atoms with Gasteiger partial charge in [0.05, 0.1) is 12.8 Å². The van der Waals surface area contributed by atoms with Crippen LogP contribution < -0.4 is 0 Å². The summed E-state index contributed by atoms with van der Waals surface area (Å²) >= 11 is 7.19. The van der Waals surface area contributed by atoms with E-state index in [0.717, 1.165) is 0 Å². The Bertz CT molecular complexity index is 347. The monoisotopic (exact) mass is 232 g/mol. The molecule has 0 aliphatic rings. The van der Waals surface area contributed by atoms with E-state index in [1.165, 1.54) is 18.9 Å². The van der Waals surface area contributed by atoms with E-state index < -0.39 is 5.97 Å². The van der Waals surface area contributed by atoms with Crippen LogP contribution in [-0.2, 0) is 4.74 Å². The minimum atomic E-state index is -0.514. The molecule has 1 aromatic heterocycles. The van der Waals surface area contributed by atoms with Crippen LogP contribution >= 0.6 is 23.4 Å². The highest BCUT2D eigenvalue weighted by Gasteiger charge is 2.17. The molecule has 0 unspecified atom stereocenters. The number of methoxy groups -OCH3 is 1. The predicted octanol–water partition coefficient (Wildman–Crippen LogP) is 1.95. The molecular formula is C8H9ClN2O2S. The Morgan fingerprint density at radius 1 is 1.50 bits per heavy atom. The average molecular weight is 233 g/mol. The third-order valence-corrected chi connectivity index (χ3v) is 2.42. The summed E-state index contributed by atoms with van der Waals surface area (Å²) in [6, 6.07) is 0. The summed E-state index contributed by atoms with van der Waals surface area (Å²) in [5.41, 5.74) is 0.758. The van der Waals surface area contributed by atoms with Crippen LogP contribution in [0.2, 0.25) is 5.15 Å². The van der Waals surface area contributed by atoms with Gasteiger partial charge < -0.3 is 4.74 Å². The number of carbonyl (C=O) groups excluding carboxylic acids is 1. The Morgan fingerprint density at radius 2 is 2.14 bits per heavy atom. The molecule has 6 heteroatoms. The third kappa shape index (κ3) is 2.16. The Kier molecular flexibility index (Phi) is 3.71. The fraction of sp³-hybridized carbons (Fsp3) is 0.375. The number of nitrogens with zero attached hydrogens (tertiary/aromatic N) is 2. The maximum absolute atomic E-state index is 11.3. The van der Waals surface area contributed by atoms with Gasteiger partial charge in [0.15, 0.2) is 5.16 Å². The van der Waals surface area contributed by atoms with Crippen molar-refractivity contribution in [1.82, 2.24) is 9.97 Å². The molecule has 1 aromatic rings. The summed E-state index contributed by atoms with van der Waals surface area (Å²) in [6.07, 6.45) is 1.84. The van der Waals surface area contributed by atoms with Gasteiger partial charge in [-0.2, -0.15) is 0 Å². The maximum atomic E-state index is 11.3. The molecule has 0 aromatic carbocycles. The fourth-order valence-electron chi connectivity index (χ4n) is 0.939. The van der Waals surface area contributed by atoms with Crippen LogP contribution in [0.15, 0.2) is 5.16 Å². The zero-order valence-corrected chi connectivity index (χ0v) is 9.57. The van der Waals surface area contributed by atoms with Gasteiger partial charge >= 0.3 is 5.97 Å². The van der Waals surface area contributed by atoms with Gasteiger partial charge in [-0.15, -0.1) is 0 Å². The van der Waals surface area contributed by atoms with Crippen LogP contribution in [0.5, 0.6) is 0 Å². The van der Waals surface area contributed by atoms with Crippen molar-refractivity contribution >= 4 is 29.3 Å². The van der Waals surface area contributed by atoms with Crippen molar-refractivity contribution in [2.75, 3.05) is 13.4 Å². The van der Waals surface area contributed by atoms with E-state index in [-0.39, 0.29) is 10.7 Å². The molecule has 1 rings (SSSR count). The third-order valence-electron chi connectivity index (χ3n) is 1.60. The quantitative estimate of drug-likeness (QED) is 0.338. The topological polar surface area (TPSA) is 52.1 Å². The summed E-state index contributed by atoms with van der Waals surface area (Å²) < 4.78 is 4.56. The van der Waals surface area contributed by atoms with Crippen molar-refractivity contribution in [1.29, 1.82) is 0 Å². The minimum Gasteiger partial charge on any atom is -0.465 e. The van der Waals surface area contributed by atoms with E-state index in [1.54, 1.807) is 6.92 Å². The first-order valence-electron chi connectivity index (χ1n) is 3.76. The standard InChI is InChI=1S/C8H9ClN2O2S/c1-4-5(7(12)13-2)6(9)11-8(10-4)14-3/h1-3H3. The number of carbonyl (C=O) groups is 1. The Morgan fingerprint density at radius 3 is 2.57 bits per heavy atom. The predicted molar refractivity (Wildman–Crippen MR) is 54.9 cm³/mol. The molecule has 4 nitrogen and oxygen atoms in total. The molecular weight excluding hydrogens is 224 g/mol. The number of aryl methyl sites for hydroxylation is 1. The van der Waals surface area contributed by atoms with Gasteiger partial charge in [0, 0.05) is 0 Å². The number of esters is 1. The van der Waals surface area contributed by atoms with E-state index in [9.17, 15) is 4.79 Å². The highest BCUT2D eigenvalue weighted by molar-refractivity contribution is 7.98. The number of rotatable bonds is 2. The maximum Gasteiger partial charge on any atom is 0.342 e. The molecule has 0 atom stereocenters. The number of hydrogen-bond donors (Lipinski definition) is 0. The Labute approximate surface area is 91.0 Å². The van der Waals surface area contributed by atoms with Gasteiger partial charge in [-0.3, -0.25) is 0 Å². The lowest BCUT2D eigenvalue weighted by Crippen LogP contribution is -2.08. The van der Waals surface area contributed by atoms with Crippen molar-refractivity contribution in [3.05, 3.63) is 16.4 Å². The first-order valence-corrected chi connectivity index (χ1v) is 5.36. The summed E-state index contributed by atoms with van der Waals surface area (Å²) in [7, 11) is 1.29. The molecule has 0 aliphatic carbocycles. The van der Waals surface area contributed by atoms with Crippen molar-refractivity contribution < 1.29 is 9.53 Å². The number of halogens is 1. The SMILES string of the molecule is COC(=O)c1c(C)nc(SC)nc1Cl.